The molecule has 0 unspecified atom stereocenters. The standard InChI is InChI=1S/C13H20N2O2/c1-4-9(2)15-13(16)10(3)17-12-7-5-6-11(14)8-12/h5-10H,4,14H2,1-3H3,(H,15,16)/t9-,10-/m0/s1. The first-order valence-electron chi connectivity index (χ1n) is 5.85. The van der Waals surface area contributed by atoms with Crippen LogP contribution in [0.25, 0.3) is 0 Å². The highest BCUT2D eigenvalue weighted by atomic mass is 16.5. The molecule has 0 aliphatic heterocycles. The van der Waals surface area contributed by atoms with Crippen LogP contribution in [0.5, 0.6) is 5.75 Å². The zero-order valence-corrected chi connectivity index (χ0v) is 10.6. The monoisotopic (exact) mass is 236 g/mol. The van der Waals surface area contributed by atoms with Crippen LogP contribution < -0.4 is 15.8 Å². The maximum absolute atomic E-state index is 11.7. The van der Waals surface area contributed by atoms with Gasteiger partial charge in [0.15, 0.2) is 6.10 Å². The van der Waals surface area contributed by atoms with Crippen LogP contribution >= 0.6 is 0 Å². The average Bonchev–Trinajstić information content (AvgIpc) is 2.28. The molecule has 1 rings (SSSR count). The van der Waals surface area contributed by atoms with Crippen LogP contribution in [-0.4, -0.2) is 18.1 Å². The van der Waals surface area contributed by atoms with Crippen molar-refractivity contribution in [3.63, 3.8) is 0 Å². The number of ether oxygens (including phenoxy) is 1. The maximum Gasteiger partial charge on any atom is 0.260 e. The lowest BCUT2D eigenvalue weighted by Crippen LogP contribution is -2.40. The molecule has 4 nitrogen and oxygen atoms in total. The Kier molecular flexibility index (Phi) is 4.82. The third-order valence-electron chi connectivity index (χ3n) is 2.54. The van der Waals surface area contributed by atoms with Crippen LogP contribution in [0.3, 0.4) is 0 Å². The number of nitrogen functional groups attached to an aromatic ring is 1. The molecule has 0 heterocycles. The summed E-state index contributed by atoms with van der Waals surface area (Å²) < 4.78 is 5.51. The zero-order chi connectivity index (χ0) is 12.8. The smallest absolute Gasteiger partial charge is 0.260 e. The number of rotatable bonds is 5. The van der Waals surface area contributed by atoms with Crippen LogP contribution in [0.15, 0.2) is 24.3 Å². The summed E-state index contributed by atoms with van der Waals surface area (Å²) in [5, 5.41) is 2.87. The van der Waals surface area contributed by atoms with Crippen LogP contribution in [-0.2, 0) is 4.79 Å². The number of carbonyl (C=O) groups is 1. The van der Waals surface area contributed by atoms with E-state index in [2.05, 4.69) is 5.32 Å². The van der Waals surface area contributed by atoms with Gasteiger partial charge in [0, 0.05) is 17.8 Å². The fourth-order valence-electron chi connectivity index (χ4n) is 1.31. The topological polar surface area (TPSA) is 64.3 Å². The highest BCUT2D eigenvalue weighted by Gasteiger charge is 2.15. The molecular weight excluding hydrogens is 216 g/mol. The number of anilines is 1. The van der Waals surface area contributed by atoms with Crippen molar-refractivity contribution < 1.29 is 9.53 Å². The minimum Gasteiger partial charge on any atom is -0.481 e. The van der Waals surface area contributed by atoms with Crippen molar-refractivity contribution in [2.24, 2.45) is 0 Å². The van der Waals surface area contributed by atoms with E-state index in [1.807, 2.05) is 13.8 Å². The van der Waals surface area contributed by atoms with Crippen LogP contribution in [0.4, 0.5) is 5.69 Å². The van der Waals surface area contributed by atoms with Crippen molar-refractivity contribution in [1.29, 1.82) is 0 Å². The molecule has 1 aromatic rings. The van der Waals surface area contributed by atoms with Crippen LogP contribution in [0.1, 0.15) is 27.2 Å². The first kappa shape index (κ1) is 13.4. The average molecular weight is 236 g/mol. The SMILES string of the molecule is CC[C@H](C)NC(=O)[C@H](C)Oc1cccc(N)c1. The van der Waals surface area contributed by atoms with Gasteiger partial charge in [0.1, 0.15) is 5.75 Å². The Hall–Kier alpha value is -1.71. The van der Waals surface area contributed by atoms with E-state index in [1.165, 1.54) is 0 Å². The molecule has 0 bridgehead atoms. The predicted molar refractivity (Wildman–Crippen MR) is 68.8 cm³/mol. The van der Waals surface area contributed by atoms with Crippen molar-refractivity contribution in [2.45, 2.75) is 39.3 Å². The summed E-state index contributed by atoms with van der Waals surface area (Å²) in [6, 6.07) is 7.21. The summed E-state index contributed by atoms with van der Waals surface area (Å²) in [6.45, 7) is 5.71. The summed E-state index contributed by atoms with van der Waals surface area (Å²) in [6.07, 6.45) is 0.377. The molecule has 1 amide bonds. The molecule has 0 aliphatic rings. The number of benzene rings is 1. The van der Waals surface area contributed by atoms with Crippen molar-refractivity contribution in [1.82, 2.24) is 5.32 Å². The lowest BCUT2D eigenvalue weighted by molar-refractivity contribution is -0.127. The van der Waals surface area contributed by atoms with E-state index in [0.29, 0.717) is 11.4 Å². The van der Waals surface area contributed by atoms with Crippen molar-refractivity contribution in [2.75, 3.05) is 5.73 Å². The summed E-state index contributed by atoms with van der Waals surface area (Å²) in [7, 11) is 0. The number of amides is 1. The minimum absolute atomic E-state index is 0.109. The molecular formula is C13H20N2O2. The largest absolute Gasteiger partial charge is 0.481 e. The quantitative estimate of drug-likeness (QED) is 0.768. The van der Waals surface area contributed by atoms with E-state index < -0.39 is 6.10 Å². The van der Waals surface area contributed by atoms with E-state index in [9.17, 15) is 4.79 Å². The number of carbonyl (C=O) groups excluding carboxylic acids is 1. The zero-order valence-electron chi connectivity index (χ0n) is 10.6. The van der Waals surface area contributed by atoms with Gasteiger partial charge in [-0.2, -0.15) is 0 Å². The molecule has 0 aliphatic carbocycles. The molecule has 0 saturated heterocycles. The second-order valence-corrected chi connectivity index (χ2v) is 4.15. The first-order chi connectivity index (χ1) is 8.02. The van der Waals surface area contributed by atoms with E-state index in [1.54, 1.807) is 31.2 Å². The van der Waals surface area contributed by atoms with Gasteiger partial charge >= 0.3 is 0 Å². The van der Waals surface area contributed by atoms with Crippen molar-refractivity contribution >= 4 is 11.6 Å². The molecule has 0 spiro atoms. The van der Waals surface area contributed by atoms with Gasteiger partial charge in [0.25, 0.3) is 5.91 Å². The fourth-order valence-corrected chi connectivity index (χ4v) is 1.31. The van der Waals surface area contributed by atoms with Gasteiger partial charge in [0.05, 0.1) is 0 Å². The Labute approximate surface area is 102 Å². The Morgan fingerprint density at radius 1 is 1.47 bits per heavy atom. The molecule has 0 radical (unpaired) electrons. The molecule has 0 fully saturated rings. The summed E-state index contributed by atoms with van der Waals surface area (Å²) in [5.41, 5.74) is 6.25. The molecule has 4 heteroatoms. The molecule has 0 aromatic heterocycles. The third kappa shape index (κ3) is 4.34. The van der Waals surface area contributed by atoms with Crippen LogP contribution in [0, 0.1) is 0 Å². The molecule has 2 atom stereocenters. The lowest BCUT2D eigenvalue weighted by atomic mass is 10.2. The van der Waals surface area contributed by atoms with Gasteiger partial charge in [-0.25, -0.2) is 0 Å². The van der Waals surface area contributed by atoms with Gasteiger partial charge in [-0.3, -0.25) is 4.79 Å². The molecule has 17 heavy (non-hydrogen) atoms. The molecule has 0 saturated carbocycles. The second kappa shape index (κ2) is 6.13. The Bertz CT molecular complexity index is 379. The van der Waals surface area contributed by atoms with Gasteiger partial charge in [-0.1, -0.05) is 13.0 Å². The molecule has 3 N–H and O–H groups in total. The van der Waals surface area contributed by atoms with Gasteiger partial charge in [-0.15, -0.1) is 0 Å². The van der Waals surface area contributed by atoms with E-state index in [0.717, 1.165) is 6.42 Å². The second-order valence-electron chi connectivity index (χ2n) is 4.15. The Morgan fingerprint density at radius 3 is 2.76 bits per heavy atom. The summed E-state index contributed by atoms with van der Waals surface area (Å²) >= 11 is 0. The fraction of sp³-hybridized carbons (Fsp3) is 0.462. The number of hydrogen-bond donors (Lipinski definition) is 2. The normalized spacial score (nSPS) is 13.8. The lowest BCUT2D eigenvalue weighted by Gasteiger charge is -2.17. The van der Waals surface area contributed by atoms with Gasteiger partial charge in [-0.05, 0) is 32.4 Å². The van der Waals surface area contributed by atoms with Gasteiger partial charge < -0.3 is 15.8 Å². The first-order valence-corrected chi connectivity index (χ1v) is 5.85. The summed E-state index contributed by atoms with van der Waals surface area (Å²) in [5.74, 6) is 0.499. The molecule has 94 valence electrons. The van der Waals surface area contributed by atoms with E-state index >= 15 is 0 Å². The highest BCUT2D eigenvalue weighted by Crippen LogP contribution is 2.16. The molecule has 1 aromatic carbocycles. The number of nitrogens with two attached hydrogens (primary N) is 1. The Balaban J connectivity index is 2.54. The van der Waals surface area contributed by atoms with Crippen molar-refractivity contribution in [3.05, 3.63) is 24.3 Å². The summed E-state index contributed by atoms with van der Waals surface area (Å²) in [4.78, 5) is 11.7. The van der Waals surface area contributed by atoms with Crippen molar-refractivity contribution in [3.8, 4) is 5.75 Å². The maximum atomic E-state index is 11.7. The predicted octanol–water partition coefficient (Wildman–Crippen LogP) is 1.95. The highest BCUT2D eigenvalue weighted by molar-refractivity contribution is 5.81. The van der Waals surface area contributed by atoms with Crippen LogP contribution in [0.2, 0.25) is 0 Å². The number of hydrogen-bond acceptors (Lipinski definition) is 3. The van der Waals surface area contributed by atoms with Gasteiger partial charge in [0.2, 0.25) is 0 Å². The third-order valence-corrected chi connectivity index (χ3v) is 2.54. The Morgan fingerprint density at radius 2 is 2.18 bits per heavy atom. The minimum atomic E-state index is -0.522. The van der Waals surface area contributed by atoms with E-state index in [4.69, 9.17) is 10.5 Å². The van der Waals surface area contributed by atoms with E-state index in [-0.39, 0.29) is 11.9 Å². The number of nitrogens with one attached hydrogen (secondary N) is 1.